The van der Waals surface area contributed by atoms with Gasteiger partial charge in [0, 0.05) is 18.7 Å². The molecule has 0 bridgehead atoms. The molecule has 15 heavy (non-hydrogen) atoms. The van der Waals surface area contributed by atoms with Crippen LogP contribution in [0.1, 0.15) is 30.0 Å². The van der Waals surface area contributed by atoms with E-state index in [1.165, 1.54) is 30.4 Å². The molecule has 0 aromatic heterocycles. The first-order chi connectivity index (χ1) is 7.43. The molecule has 2 nitrogen and oxygen atoms in total. The Kier molecular flexibility index (Phi) is 2.47. The molecule has 80 valence electrons. The Labute approximate surface area is 90.6 Å². The van der Waals surface area contributed by atoms with Crippen LogP contribution in [-0.4, -0.2) is 19.3 Å². The van der Waals surface area contributed by atoms with Crippen molar-refractivity contribution in [2.75, 3.05) is 13.2 Å². The minimum atomic E-state index is 0.563. The number of aryl methyl sites for hydroxylation is 1. The molecule has 2 heteroatoms. The summed E-state index contributed by atoms with van der Waals surface area (Å²) in [4.78, 5) is 0. The van der Waals surface area contributed by atoms with Crippen LogP contribution in [-0.2, 0) is 11.2 Å². The average molecular weight is 203 g/mol. The van der Waals surface area contributed by atoms with E-state index in [-0.39, 0.29) is 0 Å². The zero-order valence-corrected chi connectivity index (χ0v) is 8.91. The molecule has 0 saturated carbocycles. The molecule has 2 unspecified atom stereocenters. The van der Waals surface area contributed by atoms with Crippen molar-refractivity contribution in [1.82, 2.24) is 5.32 Å². The molecule has 1 aliphatic carbocycles. The van der Waals surface area contributed by atoms with Gasteiger partial charge in [0.1, 0.15) is 0 Å². The second kappa shape index (κ2) is 3.95. The van der Waals surface area contributed by atoms with Crippen LogP contribution >= 0.6 is 0 Å². The van der Waals surface area contributed by atoms with Gasteiger partial charge in [0.25, 0.3) is 0 Å². The summed E-state index contributed by atoms with van der Waals surface area (Å²) in [5.74, 6) is 0. The fourth-order valence-electron chi connectivity index (χ4n) is 2.68. The Morgan fingerprint density at radius 3 is 3.00 bits per heavy atom. The molecule has 1 saturated heterocycles. The smallest absolute Gasteiger partial charge is 0.0620 e. The first-order valence-corrected chi connectivity index (χ1v) is 5.85. The lowest BCUT2D eigenvalue weighted by Gasteiger charge is -2.18. The summed E-state index contributed by atoms with van der Waals surface area (Å²) in [6, 6.07) is 9.93. The van der Waals surface area contributed by atoms with E-state index in [2.05, 4.69) is 29.6 Å². The van der Waals surface area contributed by atoms with Crippen LogP contribution in [0.5, 0.6) is 0 Å². The summed E-state index contributed by atoms with van der Waals surface area (Å²) in [6.07, 6.45) is 3.63. The maximum atomic E-state index is 5.39. The summed E-state index contributed by atoms with van der Waals surface area (Å²) >= 11 is 0. The number of fused-ring (bicyclic) bond motifs is 1. The Morgan fingerprint density at radius 1 is 1.20 bits per heavy atom. The van der Waals surface area contributed by atoms with Crippen LogP contribution in [0.25, 0.3) is 0 Å². The summed E-state index contributed by atoms with van der Waals surface area (Å²) in [6.45, 7) is 1.81. The van der Waals surface area contributed by atoms with Gasteiger partial charge in [-0.3, -0.25) is 0 Å². The van der Waals surface area contributed by atoms with Gasteiger partial charge in [0.15, 0.2) is 0 Å². The highest BCUT2D eigenvalue weighted by Gasteiger charge is 2.25. The van der Waals surface area contributed by atoms with Crippen molar-refractivity contribution in [3.63, 3.8) is 0 Å². The van der Waals surface area contributed by atoms with Crippen LogP contribution in [0.15, 0.2) is 24.3 Å². The minimum absolute atomic E-state index is 0.563. The lowest BCUT2D eigenvalue weighted by molar-refractivity contribution is 0.188. The molecule has 2 aliphatic rings. The summed E-state index contributed by atoms with van der Waals surface area (Å²) in [7, 11) is 0. The van der Waals surface area contributed by atoms with Gasteiger partial charge in [0.2, 0.25) is 0 Å². The quantitative estimate of drug-likeness (QED) is 0.794. The highest BCUT2D eigenvalue weighted by Crippen LogP contribution is 2.31. The first kappa shape index (κ1) is 9.37. The Hall–Kier alpha value is -0.860. The van der Waals surface area contributed by atoms with Crippen LogP contribution < -0.4 is 5.32 Å². The Balaban J connectivity index is 1.73. The molecule has 1 aromatic carbocycles. The van der Waals surface area contributed by atoms with Crippen molar-refractivity contribution in [2.45, 2.75) is 31.3 Å². The van der Waals surface area contributed by atoms with E-state index in [1.54, 1.807) is 0 Å². The van der Waals surface area contributed by atoms with E-state index >= 15 is 0 Å². The number of benzene rings is 1. The van der Waals surface area contributed by atoms with E-state index in [9.17, 15) is 0 Å². The third kappa shape index (κ3) is 1.80. The monoisotopic (exact) mass is 203 g/mol. The van der Waals surface area contributed by atoms with E-state index in [1.807, 2.05) is 0 Å². The molecule has 0 amide bonds. The molecule has 3 rings (SSSR count). The molecule has 1 aromatic rings. The van der Waals surface area contributed by atoms with E-state index in [0.717, 1.165) is 13.2 Å². The van der Waals surface area contributed by atoms with Crippen molar-refractivity contribution in [1.29, 1.82) is 0 Å². The molecular weight excluding hydrogens is 186 g/mol. The van der Waals surface area contributed by atoms with Gasteiger partial charge in [-0.2, -0.15) is 0 Å². The van der Waals surface area contributed by atoms with Crippen molar-refractivity contribution in [2.24, 2.45) is 0 Å². The average Bonchev–Trinajstić information content (AvgIpc) is 2.89. The van der Waals surface area contributed by atoms with Crippen molar-refractivity contribution in [3.8, 4) is 0 Å². The second-order valence-electron chi connectivity index (χ2n) is 4.52. The third-order valence-electron chi connectivity index (χ3n) is 3.50. The lowest BCUT2D eigenvalue weighted by Crippen LogP contribution is -2.32. The van der Waals surface area contributed by atoms with Gasteiger partial charge in [-0.25, -0.2) is 0 Å². The first-order valence-electron chi connectivity index (χ1n) is 5.85. The van der Waals surface area contributed by atoms with Gasteiger partial charge >= 0.3 is 0 Å². The number of hydrogen-bond acceptors (Lipinski definition) is 2. The summed E-state index contributed by atoms with van der Waals surface area (Å²) in [5, 5.41) is 3.71. The van der Waals surface area contributed by atoms with Crippen LogP contribution in [0.4, 0.5) is 0 Å². The topological polar surface area (TPSA) is 21.3 Å². The zero-order chi connectivity index (χ0) is 10.1. The van der Waals surface area contributed by atoms with Gasteiger partial charge in [-0.1, -0.05) is 24.3 Å². The largest absolute Gasteiger partial charge is 0.380 e. The van der Waals surface area contributed by atoms with Crippen molar-refractivity contribution in [3.05, 3.63) is 35.4 Å². The summed E-state index contributed by atoms with van der Waals surface area (Å²) < 4.78 is 5.39. The highest BCUT2D eigenvalue weighted by molar-refractivity contribution is 5.34. The van der Waals surface area contributed by atoms with Gasteiger partial charge in [0.05, 0.1) is 6.61 Å². The molecule has 1 N–H and O–H groups in total. The molecule has 2 atom stereocenters. The third-order valence-corrected chi connectivity index (χ3v) is 3.50. The van der Waals surface area contributed by atoms with E-state index < -0.39 is 0 Å². The lowest BCUT2D eigenvalue weighted by atomic mass is 10.1. The Bertz CT molecular complexity index is 344. The fraction of sp³-hybridized carbons (Fsp3) is 0.538. The van der Waals surface area contributed by atoms with Crippen molar-refractivity contribution >= 4 is 0 Å². The molecule has 1 aliphatic heterocycles. The highest BCUT2D eigenvalue weighted by atomic mass is 16.5. The molecular formula is C13H17NO. The SMILES string of the molecule is c1ccc2c(c1)CCC2NC1CCOC1. The normalized spacial score (nSPS) is 29.3. The second-order valence-corrected chi connectivity index (χ2v) is 4.52. The van der Waals surface area contributed by atoms with Gasteiger partial charge in [-0.15, -0.1) is 0 Å². The van der Waals surface area contributed by atoms with Crippen LogP contribution in [0.3, 0.4) is 0 Å². The Morgan fingerprint density at radius 2 is 2.13 bits per heavy atom. The van der Waals surface area contributed by atoms with Crippen molar-refractivity contribution < 1.29 is 4.74 Å². The predicted molar refractivity (Wildman–Crippen MR) is 59.9 cm³/mol. The summed E-state index contributed by atoms with van der Waals surface area (Å²) in [5.41, 5.74) is 3.03. The maximum absolute atomic E-state index is 5.39. The molecule has 1 heterocycles. The number of nitrogens with one attached hydrogen (secondary N) is 1. The minimum Gasteiger partial charge on any atom is -0.380 e. The molecule has 0 radical (unpaired) electrons. The van der Waals surface area contributed by atoms with E-state index in [0.29, 0.717) is 12.1 Å². The zero-order valence-electron chi connectivity index (χ0n) is 8.91. The maximum Gasteiger partial charge on any atom is 0.0620 e. The van der Waals surface area contributed by atoms with Crippen LogP contribution in [0.2, 0.25) is 0 Å². The number of ether oxygens (including phenoxy) is 1. The standard InChI is InChI=1S/C13H17NO/c1-2-4-12-10(3-1)5-6-13(12)14-11-7-8-15-9-11/h1-4,11,13-14H,5-9H2. The number of hydrogen-bond donors (Lipinski definition) is 1. The van der Waals surface area contributed by atoms with Gasteiger partial charge in [-0.05, 0) is 30.4 Å². The molecule has 0 spiro atoms. The van der Waals surface area contributed by atoms with Crippen LogP contribution in [0, 0.1) is 0 Å². The van der Waals surface area contributed by atoms with E-state index in [4.69, 9.17) is 4.74 Å². The fourth-order valence-corrected chi connectivity index (χ4v) is 2.68. The van der Waals surface area contributed by atoms with Gasteiger partial charge < -0.3 is 10.1 Å². The predicted octanol–water partition coefficient (Wildman–Crippen LogP) is 2.05. The molecule has 1 fully saturated rings. The number of rotatable bonds is 2.